The molecule has 17 heavy (non-hydrogen) atoms. The Bertz CT molecular complexity index is 562. The van der Waals surface area contributed by atoms with E-state index in [1.165, 1.54) is 0 Å². The first-order valence-electron chi connectivity index (χ1n) is 5.27. The van der Waals surface area contributed by atoms with Crippen molar-refractivity contribution >= 4 is 28.5 Å². The maximum absolute atomic E-state index is 11.1. The van der Waals surface area contributed by atoms with E-state index in [-0.39, 0.29) is 12.3 Å². The maximum atomic E-state index is 11.1. The third-order valence-electron chi connectivity index (χ3n) is 2.63. The van der Waals surface area contributed by atoms with E-state index in [4.69, 9.17) is 21.8 Å². The van der Waals surface area contributed by atoms with Gasteiger partial charge in [-0.05, 0) is 18.6 Å². The molecule has 0 aliphatic heterocycles. The van der Waals surface area contributed by atoms with Crippen LogP contribution in [0.1, 0.15) is 16.9 Å². The van der Waals surface area contributed by atoms with Gasteiger partial charge in [-0.3, -0.25) is 0 Å². The van der Waals surface area contributed by atoms with Gasteiger partial charge in [-0.15, -0.1) is 0 Å². The van der Waals surface area contributed by atoms with Crippen molar-refractivity contribution in [2.45, 2.75) is 13.0 Å². The summed E-state index contributed by atoms with van der Waals surface area (Å²) in [5.74, 6) is -0.991. The Morgan fingerprint density at radius 2 is 2.18 bits per heavy atom. The van der Waals surface area contributed by atoms with Gasteiger partial charge in [0.25, 0.3) is 0 Å². The first kappa shape index (κ1) is 12.0. The van der Waals surface area contributed by atoms with Gasteiger partial charge < -0.3 is 14.8 Å². The SMILES string of the molecule is O=C(O)c1cc2cccc(Cl)c2n1CCCO. The molecule has 2 aromatic rings. The van der Waals surface area contributed by atoms with Crippen LogP contribution in [-0.2, 0) is 6.54 Å². The number of aryl methyl sites for hydroxylation is 1. The molecule has 0 saturated carbocycles. The van der Waals surface area contributed by atoms with Crippen LogP contribution in [0.4, 0.5) is 0 Å². The lowest BCUT2D eigenvalue weighted by atomic mass is 10.2. The summed E-state index contributed by atoms with van der Waals surface area (Å²) in [4.78, 5) is 11.1. The summed E-state index contributed by atoms with van der Waals surface area (Å²) in [5, 5.41) is 19.3. The Balaban J connectivity index is 2.64. The molecule has 1 aromatic carbocycles. The van der Waals surface area contributed by atoms with Crippen LogP contribution in [0.5, 0.6) is 0 Å². The zero-order valence-corrected chi connectivity index (χ0v) is 9.81. The maximum Gasteiger partial charge on any atom is 0.352 e. The molecule has 0 unspecified atom stereocenters. The molecule has 2 rings (SSSR count). The summed E-state index contributed by atoms with van der Waals surface area (Å²) in [6, 6.07) is 6.93. The Morgan fingerprint density at radius 3 is 2.82 bits per heavy atom. The molecule has 0 spiro atoms. The van der Waals surface area contributed by atoms with Crippen LogP contribution in [-0.4, -0.2) is 27.4 Å². The molecule has 1 aromatic heterocycles. The standard InChI is InChI=1S/C12H12ClNO3/c13-9-4-1-3-8-7-10(12(16)17)14(11(8)9)5-2-6-15/h1,3-4,7,15H,2,5-6H2,(H,16,17). The smallest absolute Gasteiger partial charge is 0.352 e. The lowest BCUT2D eigenvalue weighted by molar-refractivity contribution is 0.0685. The van der Waals surface area contributed by atoms with E-state index in [2.05, 4.69) is 0 Å². The number of hydrogen-bond acceptors (Lipinski definition) is 2. The molecule has 4 nitrogen and oxygen atoms in total. The molecule has 0 radical (unpaired) electrons. The summed E-state index contributed by atoms with van der Waals surface area (Å²) in [6.07, 6.45) is 0.495. The molecule has 0 amide bonds. The number of halogens is 1. The number of benzene rings is 1. The number of aliphatic hydroxyl groups excluding tert-OH is 1. The summed E-state index contributed by atoms with van der Waals surface area (Å²) in [7, 11) is 0. The molecule has 0 fully saturated rings. The van der Waals surface area contributed by atoms with Crippen LogP contribution in [0.15, 0.2) is 24.3 Å². The number of carboxylic acids is 1. The van der Waals surface area contributed by atoms with E-state index < -0.39 is 5.97 Å². The fourth-order valence-electron chi connectivity index (χ4n) is 1.92. The van der Waals surface area contributed by atoms with E-state index in [9.17, 15) is 4.79 Å². The summed E-state index contributed by atoms with van der Waals surface area (Å²) in [5.41, 5.74) is 0.904. The van der Waals surface area contributed by atoms with Crippen molar-refractivity contribution < 1.29 is 15.0 Å². The lowest BCUT2D eigenvalue weighted by Gasteiger charge is -2.08. The minimum absolute atomic E-state index is 0.0170. The number of carbonyl (C=O) groups is 1. The van der Waals surface area contributed by atoms with Gasteiger partial charge in [-0.2, -0.15) is 0 Å². The number of nitrogens with zero attached hydrogens (tertiary/aromatic N) is 1. The number of aromatic carboxylic acids is 1. The summed E-state index contributed by atoms with van der Waals surface area (Å²) >= 11 is 6.08. The number of aromatic nitrogens is 1. The molecule has 5 heteroatoms. The van der Waals surface area contributed by atoms with Crippen molar-refractivity contribution in [3.8, 4) is 0 Å². The molecule has 0 saturated heterocycles. The van der Waals surface area contributed by atoms with Crippen LogP contribution >= 0.6 is 11.6 Å². The minimum atomic E-state index is -0.991. The topological polar surface area (TPSA) is 62.5 Å². The highest BCUT2D eigenvalue weighted by molar-refractivity contribution is 6.35. The van der Waals surface area contributed by atoms with E-state index >= 15 is 0 Å². The van der Waals surface area contributed by atoms with Crippen molar-refractivity contribution in [3.05, 3.63) is 35.0 Å². The molecule has 90 valence electrons. The van der Waals surface area contributed by atoms with Crippen molar-refractivity contribution in [1.82, 2.24) is 4.57 Å². The highest BCUT2D eigenvalue weighted by Gasteiger charge is 2.15. The van der Waals surface area contributed by atoms with Crippen LogP contribution < -0.4 is 0 Å². The number of para-hydroxylation sites is 1. The molecule has 0 atom stereocenters. The van der Waals surface area contributed by atoms with Gasteiger partial charge in [-0.25, -0.2) is 4.79 Å². The zero-order chi connectivity index (χ0) is 12.4. The highest BCUT2D eigenvalue weighted by atomic mass is 35.5. The molecular weight excluding hydrogens is 242 g/mol. The fourth-order valence-corrected chi connectivity index (χ4v) is 2.20. The fraction of sp³-hybridized carbons (Fsp3) is 0.250. The van der Waals surface area contributed by atoms with Crippen LogP contribution in [0.3, 0.4) is 0 Å². The third-order valence-corrected chi connectivity index (χ3v) is 2.93. The number of rotatable bonds is 4. The van der Waals surface area contributed by atoms with Crippen LogP contribution in [0, 0.1) is 0 Å². The second kappa shape index (κ2) is 4.77. The normalized spacial score (nSPS) is 10.9. The predicted molar refractivity (Wildman–Crippen MR) is 65.6 cm³/mol. The van der Waals surface area contributed by atoms with Crippen molar-refractivity contribution in [2.75, 3.05) is 6.61 Å². The summed E-state index contributed by atoms with van der Waals surface area (Å²) in [6.45, 7) is 0.453. The van der Waals surface area contributed by atoms with Crippen molar-refractivity contribution in [1.29, 1.82) is 0 Å². The second-order valence-electron chi connectivity index (χ2n) is 3.74. The largest absolute Gasteiger partial charge is 0.477 e. The highest BCUT2D eigenvalue weighted by Crippen LogP contribution is 2.27. The Hall–Kier alpha value is -1.52. The predicted octanol–water partition coefficient (Wildman–Crippen LogP) is 2.38. The Labute approximate surface area is 103 Å². The number of aliphatic hydroxyl groups is 1. The second-order valence-corrected chi connectivity index (χ2v) is 4.15. The molecule has 0 aliphatic carbocycles. The first-order valence-corrected chi connectivity index (χ1v) is 5.65. The van der Waals surface area contributed by atoms with Gasteiger partial charge in [0.1, 0.15) is 5.69 Å². The van der Waals surface area contributed by atoms with Gasteiger partial charge in [0.05, 0.1) is 10.5 Å². The number of hydrogen-bond donors (Lipinski definition) is 2. The van der Waals surface area contributed by atoms with Gasteiger partial charge in [0, 0.05) is 18.5 Å². The lowest BCUT2D eigenvalue weighted by Crippen LogP contribution is -2.09. The van der Waals surface area contributed by atoms with E-state index in [1.807, 2.05) is 6.07 Å². The minimum Gasteiger partial charge on any atom is -0.477 e. The van der Waals surface area contributed by atoms with Gasteiger partial charge in [0.2, 0.25) is 0 Å². The van der Waals surface area contributed by atoms with E-state index in [0.717, 1.165) is 5.39 Å². The molecule has 0 bridgehead atoms. The average molecular weight is 254 g/mol. The van der Waals surface area contributed by atoms with Gasteiger partial charge in [0.15, 0.2) is 0 Å². The molecule has 2 N–H and O–H groups in total. The van der Waals surface area contributed by atoms with E-state index in [0.29, 0.717) is 23.5 Å². The Kier molecular flexibility index (Phi) is 3.36. The van der Waals surface area contributed by atoms with Crippen LogP contribution in [0.25, 0.3) is 10.9 Å². The van der Waals surface area contributed by atoms with Gasteiger partial charge in [-0.1, -0.05) is 23.7 Å². The zero-order valence-electron chi connectivity index (χ0n) is 9.06. The van der Waals surface area contributed by atoms with E-state index in [1.54, 1.807) is 22.8 Å². The average Bonchev–Trinajstić information content (AvgIpc) is 2.66. The number of fused-ring (bicyclic) bond motifs is 1. The third kappa shape index (κ3) is 2.14. The van der Waals surface area contributed by atoms with Crippen molar-refractivity contribution in [2.24, 2.45) is 0 Å². The molecular formula is C12H12ClNO3. The quantitative estimate of drug-likeness (QED) is 0.879. The number of carboxylic acid groups (broad SMARTS) is 1. The van der Waals surface area contributed by atoms with Crippen molar-refractivity contribution in [3.63, 3.8) is 0 Å². The summed E-state index contributed by atoms with van der Waals surface area (Å²) < 4.78 is 1.64. The Morgan fingerprint density at radius 1 is 1.41 bits per heavy atom. The van der Waals surface area contributed by atoms with Gasteiger partial charge >= 0.3 is 5.97 Å². The first-order chi connectivity index (χ1) is 8.15. The molecule has 1 heterocycles. The monoisotopic (exact) mass is 253 g/mol. The molecule has 0 aliphatic rings. The van der Waals surface area contributed by atoms with Crippen LogP contribution in [0.2, 0.25) is 5.02 Å².